The van der Waals surface area contributed by atoms with Gasteiger partial charge in [-0.1, -0.05) is 23.2 Å². The number of amides is 1. The molecule has 3 nitrogen and oxygen atoms in total. The highest BCUT2D eigenvalue weighted by molar-refractivity contribution is 7.20. The molecule has 1 fully saturated rings. The van der Waals surface area contributed by atoms with Gasteiger partial charge in [0.1, 0.15) is 4.34 Å². The molecule has 2 heterocycles. The van der Waals surface area contributed by atoms with Crippen molar-refractivity contribution in [2.24, 2.45) is 0 Å². The van der Waals surface area contributed by atoms with Gasteiger partial charge in [0.25, 0.3) is 5.91 Å². The first-order valence-corrected chi connectivity index (χ1v) is 6.94. The fourth-order valence-electron chi connectivity index (χ4n) is 2.00. The third kappa shape index (κ3) is 2.94. The first-order valence-electron chi connectivity index (χ1n) is 5.37. The molecule has 0 radical (unpaired) electrons. The molecule has 0 unspecified atom stereocenters. The van der Waals surface area contributed by atoms with Gasteiger partial charge in [0.05, 0.1) is 22.1 Å². The summed E-state index contributed by atoms with van der Waals surface area (Å²) in [7, 11) is 0. The van der Waals surface area contributed by atoms with Gasteiger partial charge in [-0.25, -0.2) is 0 Å². The molecule has 1 aliphatic heterocycles. The number of carbonyl (C=O) groups excluding carboxylic acids is 1. The summed E-state index contributed by atoms with van der Waals surface area (Å²) < 4.78 is 6.57. The second-order valence-corrected chi connectivity index (χ2v) is 6.49. The van der Waals surface area contributed by atoms with Crippen LogP contribution in [0.4, 0.5) is 0 Å². The number of nitrogens with zero attached hydrogens (tertiary/aromatic N) is 1. The van der Waals surface area contributed by atoms with Gasteiger partial charge in [0.15, 0.2) is 0 Å². The molecule has 2 rings (SSSR count). The third-order valence-electron chi connectivity index (χ3n) is 2.59. The van der Waals surface area contributed by atoms with Crippen molar-refractivity contribution in [3.63, 3.8) is 0 Å². The van der Waals surface area contributed by atoms with Crippen molar-refractivity contribution in [3.8, 4) is 0 Å². The van der Waals surface area contributed by atoms with Crippen LogP contribution in [0.5, 0.6) is 0 Å². The molecule has 1 saturated heterocycles. The zero-order chi connectivity index (χ0) is 12.6. The quantitative estimate of drug-likeness (QED) is 0.795. The maximum absolute atomic E-state index is 12.3. The molecule has 6 heteroatoms. The zero-order valence-corrected chi connectivity index (χ0v) is 11.9. The lowest BCUT2D eigenvalue weighted by Crippen LogP contribution is -2.48. The van der Waals surface area contributed by atoms with Crippen LogP contribution in [0, 0.1) is 0 Å². The van der Waals surface area contributed by atoms with E-state index >= 15 is 0 Å². The Balaban J connectivity index is 2.17. The van der Waals surface area contributed by atoms with Crippen molar-refractivity contribution in [3.05, 3.63) is 20.3 Å². The van der Waals surface area contributed by atoms with Gasteiger partial charge < -0.3 is 9.64 Å². The number of ether oxygens (including phenoxy) is 1. The third-order valence-corrected chi connectivity index (χ3v) is 4.08. The average Bonchev–Trinajstić information content (AvgIpc) is 2.55. The lowest BCUT2D eigenvalue weighted by molar-refractivity contribution is -0.0586. The second-order valence-electron chi connectivity index (χ2n) is 4.21. The Morgan fingerprint density at radius 3 is 2.47 bits per heavy atom. The summed E-state index contributed by atoms with van der Waals surface area (Å²) in [6, 6.07) is 1.63. The molecular weight excluding hydrogens is 281 g/mol. The van der Waals surface area contributed by atoms with Gasteiger partial charge in [-0.3, -0.25) is 4.79 Å². The second kappa shape index (κ2) is 5.14. The Morgan fingerprint density at radius 2 is 2.00 bits per heavy atom. The standard InChI is InChI=1S/C11H13Cl2NO2S/c1-6-4-14(5-7(2)16-6)11(15)8-3-9(12)17-10(8)13/h3,6-7H,4-5H2,1-2H3/t6-,7-/m0/s1. The summed E-state index contributed by atoms with van der Waals surface area (Å²) >= 11 is 13.0. The Kier molecular flexibility index (Phi) is 3.98. The Labute approximate surface area is 114 Å². The van der Waals surface area contributed by atoms with E-state index in [1.54, 1.807) is 11.0 Å². The van der Waals surface area contributed by atoms with Crippen molar-refractivity contribution in [1.82, 2.24) is 4.90 Å². The smallest absolute Gasteiger partial charge is 0.256 e. The molecule has 1 aromatic rings. The van der Waals surface area contributed by atoms with E-state index in [1.165, 1.54) is 11.3 Å². The van der Waals surface area contributed by atoms with Crippen LogP contribution < -0.4 is 0 Å². The average molecular weight is 294 g/mol. The minimum absolute atomic E-state index is 0.0515. The van der Waals surface area contributed by atoms with Gasteiger partial charge in [-0.2, -0.15) is 0 Å². The number of halogens is 2. The van der Waals surface area contributed by atoms with E-state index in [-0.39, 0.29) is 18.1 Å². The Morgan fingerprint density at radius 1 is 1.41 bits per heavy atom. The van der Waals surface area contributed by atoms with Crippen LogP contribution >= 0.6 is 34.5 Å². The van der Waals surface area contributed by atoms with Crippen LogP contribution in [0.1, 0.15) is 24.2 Å². The fraction of sp³-hybridized carbons (Fsp3) is 0.545. The number of hydrogen-bond acceptors (Lipinski definition) is 3. The first kappa shape index (κ1) is 13.1. The number of carbonyl (C=O) groups is 1. The summed E-state index contributed by atoms with van der Waals surface area (Å²) in [5.74, 6) is -0.0693. The number of hydrogen-bond donors (Lipinski definition) is 0. The molecule has 1 aromatic heterocycles. The SMILES string of the molecule is C[C@H]1CN(C(=O)c2cc(Cl)sc2Cl)C[C@H](C)O1. The number of rotatable bonds is 1. The summed E-state index contributed by atoms with van der Waals surface area (Å²) in [4.78, 5) is 14.0. The molecule has 17 heavy (non-hydrogen) atoms. The molecule has 0 saturated carbocycles. The predicted octanol–water partition coefficient (Wildman–Crippen LogP) is 3.30. The lowest BCUT2D eigenvalue weighted by atomic mass is 10.2. The molecule has 0 spiro atoms. The van der Waals surface area contributed by atoms with Crippen molar-refractivity contribution in [1.29, 1.82) is 0 Å². The predicted molar refractivity (Wildman–Crippen MR) is 70.3 cm³/mol. The highest BCUT2D eigenvalue weighted by atomic mass is 35.5. The Hall–Kier alpha value is -0.290. The zero-order valence-electron chi connectivity index (χ0n) is 9.57. The summed E-state index contributed by atoms with van der Waals surface area (Å²) in [5.41, 5.74) is 0.489. The molecule has 0 N–H and O–H groups in total. The largest absolute Gasteiger partial charge is 0.372 e. The molecule has 0 bridgehead atoms. The Bertz CT molecular complexity index is 425. The van der Waals surface area contributed by atoms with Crippen molar-refractivity contribution < 1.29 is 9.53 Å². The normalized spacial score (nSPS) is 25.1. The minimum Gasteiger partial charge on any atom is -0.372 e. The first-order chi connectivity index (χ1) is 7.97. The van der Waals surface area contributed by atoms with Gasteiger partial charge in [0.2, 0.25) is 0 Å². The number of morpholine rings is 1. The van der Waals surface area contributed by atoms with Crippen LogP contribution in [0.3, 0.4) is 0 Å². The van der Waals surface area contributed by atoms with Gasteiger partial charge in [0, 0.05) is 13.1 Å². The van der Waals surface area contributed by atoms with E-state index in [9.17, 15) is 4.79 Å². The topological polar surface area (TPSA) is 29.5 Å². The molecule has 1 amide bonds. The van der Waals surface area contributed by atoms with Crippen molar-refractivity contribution >= 4 is 40.4 Å². The maximum Gasteiger partial charge on any atom is 0.256 e. The monoisotopic (exact) mass is 293 g/mol. The minimum atomic E-state index is -0.0693. The van der Waals surface area contributed by atoms with Gasteiger partial charge in [-0.05, 0) is 19.9 Å². The number of thiophene rings is 1. The van der Waals surface area contributed by atoms with Crippen LogP contribution in [0.25, 0.3) is 0 Å². The van der Waals surface area contributed by atoms with E-state index in [0.29, 0.717) is 27.3 Å². The van der Waals surface area contributed by atoms with Crippen LogP contribution in [-0.4, -0.2) is 36.1 Å². The summed E-state index contributed by atoms with van der Waals surface area (Å²) in [6.45, 7) is 5.09. The van der Waals surface area contributed by atoms with E-state index in [0.717, 1.165) is 0 Å². The highest BCUT2D eigenvalue weighted by Gasteiger charge is 2.28. The van der Waals surface area contributed by atoms with Crippen LogP contribution in [-0.2, 0) is 4.74 Å². The molecule has 2 atom stereocenters. The maximum atomic E-state index is 12.3. The lowest BCUT2D eigenvalue weighted by Gasteiger charge is -2.35. The molecule has 94 valence electrons. The van der Waals surface area contributed by atoms with Crippen LogP contribution in [0.2, 0.25) is 8.67 Å². The van der Waals surface area contributed by atoms with E-state index in [4.69, 9.17) is 27.9 Å². The van der Waals surface area contributed by atoms with Crippen molar-refractivity contribution in [2.45, 2.75) is 26.1 Å². The summed E-state index contributed by atoms with van der Waals surface area (Å²) in [6.07, 6.45) is 0.103. The van der Waals surface area contributed by atoms with E-state index in [2.05, 4.69) is 0 Å². The van der Waals surface area contributed by atoms with Crippen LogP contribution in [0.15, 0.2) is 6.07 Å². The van der Waals surface area contributed by atoms with E-state index in [1.807, 2.05) is 13.8 Å². The molecule has 0 aliphatic carbocycles. The molecular formula is C11H13Cl2NO2S. The highest BCUT2D eigenvalue weighted by Crippen LogP contribution is 2.32. The summed E-state index contributed by atoms with van der Waals surface area (Å²) in [5, 5.41) is 0. The molecule has 0 aromatic carbocycles. The molecule has 1 aliphatic rings. The van der Waals surface area contributed by atoms with E-state index < -0.39 is 0 Å². The van der Waals surface area contributed by atoms with Gasteiger partial charge >= 0.3 is 0 Å². The van der Waals surface area contributed by atoms with Gasteiger partial charge in [-0.15, -0.1) is 11.3 Å². The van der Waals surface area contributed by atoms with Crippen molar-refractivity contribution in [2.75, 3.05) is 13.1 Å². The fourth-order valence-corrected chi connectivity index (χ4v) is 3.45.